The highest BCUT2D eigenvalue weighted by atomic mass is 32.2. The number of aromatic nitrogens is 1. The second-order valence-electron chi connectivity index (χ2n) is 8.27. The van der Waals surface area contributed by atoms with Gasteiger partial charge in [0, 0.05) is 37.5 Å². The number of aryl methyl sites for hydroxylation is 1. The van der Waals surface area contributed by atoms with E-state index >= 15 is 0 Å². The van der Waals surface area contributed by atoms with E-state index < -0.39 is 12.2 Å². The van der Waals surface area contributed by atoms with E-state index in [1.54, 1.807) is 17.8 Å². The number of phenolic OH excluding ortho intramolecular Hbond substituents is 1. The van der Waals surface area contributed by atoms with Crippen LogP contribution >= 0.6 is 23.1 Å². The number of thioether (sulfide) groups is 1. The van der Waals surface area contributed by atoms with E-state index in [9.17, 15) is 24.9 Å². The second kappa shape index (κ2) is 13.5. The number of rotatable bonds is 14. The first kappa shape index (κ1) is 27.1. The van der Waals surface area contributed by atoms with Crippen LogP contribution in [0.4, 0.5) is 4.79 Å². The Morgan fingerprint density at radius 2 is 1.89 bits per heavy atom. The Hall–Kier alpha value is -2.53. The summed E-state index contributed by atoms with van der Waals surface area (Å²) in [5.74, 6) is 1.69. The highest BCUT2D eigenvalue weighted by molar-refractivity contribution is 7.99. The molecule has 5 N–H and O–H groups in total. The molecule has 0 aliphatic carbocycles. The summed E-state index contributed by atoms with van der Waals surface area (Å²) in [7, 11) is 0. The fraction of sp³-hybridized carbons (Fsp3) is 0.440. The smallest absolute Gasteiger partial charge is 0.407 e. The van der Waals surface area contributed by atoms with E-state index in [4.69, 9.17) is 0 Å². The molecule has 1 atom stereocenters. The van der Waals surface area contributed by atoms with Gasteiger partial charge in [-0.05, 0) is 42.2 Å². The molecule has 2 aromatic carbocycles. The van der Waals surface area contributed by atoms with Crippen molar-refractivity contribution in [1.29, 1.82) is 0 Å². The van der Waals surface area contributed by atoms with Crippen molar-refractivity contribution >= 4 is 39.4 Å². The lowest BCUT2D eigenvalue weighted by Crippen LogP contribution is -2.32. The van der Waals surface area contributed by atoms with E-state index in [1.807, 2.05) is 0 Å². The van der Waals surface area contributed by atoms with Gasteiger partial charge in [0.25, 0.3) is 0 Å². The summed E-state index contributed by atoms with van der Waals surface area (Å²) in [6.45, 7) is 4.15. The molecular weight excluding hydrogens is 486 g/mol. The van der Waals surface area contributed by atoms with Gasteiger partial charge in [0.1, 0.15) is 11.3 Å². The molecule has 0 aliphatic heterocycles. The van der Waals surface area contributed by atoms with Gasteiger partial charge in [-0.15, -0.1) is 0 Å². The summed E-state index contributed by atoms with van der Waals surface area (Å²) in [5, 5.41) is 33.1. The number of amides is 1. The van der Waals surface area contributed by atoms with Crippen LogP contribution in [0.15, 0.2) is 41.2 Å². The molecule has 0 bridgehead atoms. The van der Waals surface area contributed by atoms with Crippen molar-refractivity contribution < 1.29 is 20.1 Å². The third-order valence-electron chi connectivity index (χ3n) is 5.80. The molecule has 3 rings (SSSR count). The van der Waals surface area contributed by atoms with Crippen molar-refractivity contribution in [3.8, 4) is 5.75 Å². The lowest BCUT2D eigenvalue weighted by molar-refractivity contribution is 0.146. The summed E-state index contributed by atoms with van der Waals surface area (Å²) < 4.78 is 0.569. The molecule has 190 valence electrons. The molecule has 35 heavy (non-hydrogen) atoms. The molecule has 0 saturated heterocycles. The van der Waals surface area contributed by atoms with Crippen LogP contribution in [-0.4, -0.2) is 69.0 Å². The number of nitrogens with zero attached hydrogens (tertiary/aromatic N) is 1. The molecular formula is C25H33N3O5S2. The Morgan fingerprint density at radius 1 is 1.14 bits per heavy atom. The average Bonchev–Trinajstić information content (AvgIpc) is 3.25. The van der Waals surface area contributed by atoms with Gasteiger partial charge in [-0.3, -0.25) is 4.79 Å². The normalized spacial score (nSPS) is 12.2. The van der Waals surface area contributed by atoms with Crippen molar-refractivity contribution in [3.05, 3.63) is 62.8 Å². The Bertz CT molecular complexity index is 1150. The molecule has 1 amide bonds. The minimum Gasteiger partial charge on any atom is -0.506 e. The summed E-state index contributed by atoms with van der Waals surface area (Å²) in [5.41, 5.74) is 3.39. The van der Waals surface area contributed by atoms with Crippen molar-refractivity contribution in [2.24, 2.45) is 0 Å². The number of carboxylic acid groups (broad SMARTS) is 1. The van der Waals surface area contributed by atoms with Crippen LogP contribution in [0.1, 0.15) is 36.1 Å². The quantitative estimate of drug-likeness (QED) is 0.205. The van der Waals surface area contributed by atoms with Crippen LogP contribution in [0.2, 0.25) is 0 Å². The van der Waals surface area contributed by atoms with Gasteiger partial charge in [-0.1, -0.05) is 48.6 Å². The third kappa shape index (κ3) is 7.99. The largest absolute Gasteiger partial charge is 0.506 e. The predicted molar refractivity (Wildman–Crippen MR) is 143 cm³/mol. The van der Waals surface area contributed by atoms with Crippen LogP contribution in [-0.2, 0) is 12.8 Å². The second-order valence-corrected chi connectivity index (χ2v) is 10.5. The summed E-state index contributed by atoms with van der Waals surface area (Å²) >= 11 is 2.71. The number of phenols is 1. The molecule has 0 spiro atoms. The van der Waals surface area contributed by atoms with Gasteiger partial charge >= 0.3 is 11.0 Å². The van der Waals surface area contributed by atoms with Gasteiger partial charge in [0.2, 0.25) is 0 Å². The monoisotopic (exact) mass is 519 g/mol. The van der Waals surface area contributed by atoms with Crippen molar-refractivity contribution in [1.82, 2.24) is 15.2 Å². The molecule has 0 aliphatic rings. The van der Waals surface area contributed by atoms with Gasteiger partial charge in [0.15, 0.2) is 0 Å². The standard InChI is InChI=1S/C25H33N3O5S2/c1-2-17-4-6-18(7-5-17)10-13-28(25(32)33)12-3-14-34-15-11-26-16-21(30)19-8-9-20(29)22-23(19)35-24(31)27-22/h4-9,21,26,29-30H,2-3,10-16H2,1H3,(H,27,31)(H,32,33)/t21-/m0/s1. The minimum atomic E-state index is -0.883. The van der Waals surface area contributed by atoms with Crippen LogP contribution in [0.25, 0.3) is 10.2 Å². The molecule has 0 fully saturated rings. The molecule has 0 unspecified atom stereocenters. The van der Waals surface area contributed by atoms with Crippen LogP contribution in [0.3, 0.4) is 0 Å². The number of aliphatic hydroxyl groups is 1. The molecule has 1 aromatic heterocycles. The Kier molecular flexibility index (Phi) is 10.5. The Balaban J connectivity index is 1.31. The van der Waals surface area contributed by atoms with E-state index in [-0.39, 0.29) is 10.6 Å². The highest BCUT2D eigenvalue weighted by Crippen LogP contribution is 2.31. The van der Waals surface area contributed by atoms with E-state index in [1.165, 1.54) is 16.5 Å². The first-order valence-electron chi connectivity index (χ1n) is 11.8. The first-order chi connectivity index (χ1) is 16.9. The molecule has 0 saturated carbocycles. The number of aromatic hydroxyl groups is 1. The summed E-state index contributed by atoms with van der Waals surface area (Å²) in [6, 6.07) is 11.4. The Labute approximate surface area is 213 Å². The zero-order valence-corrected chi connectivity index (χ0v) is 21.5. The maximum absolute atomic E-state index is 11.6. The maximum atomic E-state index is 11.6. The van der Waals surface area contributed by atoms with Gasteiger partial charge in [0.05, 0.1) is 10.8 Å². The predicted octanol–water partition coefficient (Wildman–Crippen LogP) is 3.83. The SMILES string of the molecule is CCc1ccc(CCN(CCCSCCNC[C@H](O)c2ccc(O)c3[nH]c(=O)sc23)C(=O)O)cc1. The zero-order valence-electron chi connectivity index (χ0n) is 19.8. The zero-order chi connectivity index (χ0) is 25.2. The molecule has 1 heterocycles. The number of H-pyrrole nitrogens is 1. The highest BCUT2D eigenvalue weighted by Gasteiger charge is 2.16. The van der Waals surface area contributed by atoms with E-state index in [2.05, 4.69) is 41.5 Å². The minimum absolute atomic E-state index is 0.00856. The first-order valence-corrected chi connectivity index (χ1v) is 13.7. The fourth-order valence-corrected chi connectivity index (χ4v) is 5.51. The average molecular weight is 520 g/mol. The van der Waals surface area contributed by atoms with Gasteiger partial charge < -0.3 is 30.5 Å². The number of thiazole rings is 1. The van der Waals surface area contributed by atoms with Gasteiger partial charge in [-0.2, -0.15) is 11.8 Å². The fourth-order valence-electron chi connectivity index (χ4n) is 3.76. The third-order valence-corrected chi connectivity index (χ3v) is 7.80. The Morgan fingerprint density at radius 3 is 2.60 bits per heavy atom. The van der Waals surface area contributed by atoms with Crippen molar-refractivity contribution in [2.45, 2.75) is 32.3 Å². The van der Waals surface area contributed by atoms with Crippen LogP contribution in [0, 0.1) is 0 Å². The van der Waals surface area contributed by atoms with E-state index in [0.717, 1.165) is 41.2 Å². The molecule has 8 nitrogen and oxygen atoms in total. The number of fused-ring (bicyclic) bond motifs is 1. The van der Waals surface area contributed by atoms with Crippen LogP contribution < -0.4 is 10.2 Å². The van der Waals surface area contributed by atoms with Crippen molar-refractivity contribution in [2.75, 3.05) is 37.7 Å². The number of carbonyl (C=O) groups is 1. The summed E-state index contributed by atoms with van der Waals surface area (Å²) in [4.78, 5) is 27.0. The number of hydrogen-bond acceptors (Lipinski definition) is 7. The number of benzene rings is 2. The number of nitrogens with one attached hydrogen (secondary N) is 2. The molecule has 0 radical (unpaired) electrons. The number of hydrogen-bond donors (Lipinski definition) is 5. The number of aromatic amines is 1. The topological polar surface area (TPSA) is 126 Å². The van der Waals surface area contributed by atoms with E-state index in [0.29, 0.717) is 48.4 Å². The molecule has 10 heteroatoms. The lowest BCUT2D eigenvalue weighted by atomic mass is 10.1. The van der Waals surface area contributed by atoms with Gasteiger partial charge in [-0.25, -0.2) is 4.79 Å². The van der Waals surface area contributed by atoms with Crippen LogP contribution in [0.5, 0.6) is 5.75 Å². The maximum Gasteiger partial charge on any atom is 0.407 e. The summed E-state index contributed by atoms with van der Waals surface area (Å²) in [6.07, 6.45) is 0.812. The number of aliphatic hydroxyl groups excluding tert-OH is 1. The lowest BCUT2D eigenvalue weighted by Gasteiger charge is -2.19. The van der Waals surface area contributed by atoms with Crippen molar-refractivity contribution in [3.63, 3.8) is 0 Å². The molecule has 3 aromatic rings.